The molecular weight excluding hydrogens is 334 g/mol. The molecule has 0 aliphatic rings. The summed E-state index contributed by atoms with van der Waals surface area (Å²) in [6, 6.07) is 15.1. The van der Waals surface area contributed by atoms with E-state index in [9.17, 15) is 4.79 Å². The minimum atomic E-state index is -0.228. The summed E-state index contributed by atoms with van der Waals surface area (Å²) in [5.74, 6) is 1.07. The summed E-state index contributed by atoms with van der Waals surface area (Å²) in [7, 11) is 0. The molecule has 0 unspecified atom stereocenters. The molecule has 0 atom stereocenters. The number of carbonyl (C=O) groups excluding carboxylic acids is 1. The van der Waals surface area contributed by atoms with Gasteiger partial charge in [0, 0.05) is 22.7 Å². The van der Waals surface area contributed by atoms with Crippen LogP contribution in [0.25, 0.3) is 11.4 Å². The van der Waals surface area contributed by atoms with Gasteiger partial charge in [-0.2, -0.15) is 9.36 Å². The topological polar surface area (TPSA) is 64.1 Å². The number of nitrogens with one attached hydrogen (secondary N) is 1. The molecule has 1 amide bonds. The molecule has 0 fully saturated rings. The summed E-state index contributed by atoms with van der Waals surface area (Å²) < 4.78 is 9.87. The van der Waals surface area contributed by atoms with Crippen molar-refractivity contribution in [2.75, 3.05) is 11.9 Å². The second-order valence-corrected chi connectivity index (χ2v) is 6.37. The van der Waals surface area contributed by atoms with Crippen LogP contribution in [0.3, 0.4) is 0 Å². The summed E-state index contributed by atoms with van der Waals surface area (Å²) in [5.41, 5.74) is 2.63. The van der Waals surface area contributed by atoms with Crippen LogP contribution in [-0.2, 0) is 0 Å². The quantitative estimate of drug-likeness (QED) is 0.706. The number of aromatic nitrogens is 2. The lowest BCUT2D eigenvalue weighted by Gasteiger charge is -2.06. The van der Waals surface area contributed by atoms with E-state index >= 15 is 0 Å². The second-order valence-electron chi connectivity index (χ2n) is 5.62. The molecule has 6 heteroatoms. The van der Waals surface area contributed by atoms with E-state index in [0.717, 1.165) is 12.0 Å². The van der Waals surface area contributed by atoms with E-state index in [2.05, 4.69) is 14.7 Å². The summed E-state index contributed by atoms with van der Waals surface area (Å²) in [6.45, 7) is 4.70. The first-order chi connectivity index (χ1) is 12.2. The average Bonchev–Trinajstić information content (AvgIpc) is 3.09. The number of nitrogens with zero attached hydrogens (tertiary/aromatic N) is 2. The number of ether oxygens (including phenoxy) is 1. The van der Waals surface area contributed by atoms with Gasteiger partial charge in [0.05, 0.1) is 6.61 Å². The Kier molecular flexibility index (Phi) is 5.40. The highest BCUT2D eigenvalue weighted by atomic mass is 32.1. The number of benzene rings is 2. The van der Waals surface area contributed by atoms with Gasteiger partial charge in [-0.3, -0.25) is 10.1 Å². The van der Waals surface area contributed by atoms with E-state index in [1.165, 1.54) is 17.1 Å². The fraction of sp³-hybridized carbons (Fsp3) is 0.211. The molecular formula is C19H19N3O2S. The van der Waals surface area contributed by atoms with Crippen molar-refractivity contribution in [1.82, 2.24) is 9.36 Å². The highest BCUT2D eigenvalue weighted by molar-refractivity contribution is 7.10. The number of anilines is 1. The van der Waals surface area contributed by atoms with Gasteiger partial charge in [-0.1, -0.05) is 42.8 Å². The van der Waals surface area contributed by atoms with E-state index in [0.29, 0.717) is 28.9 Å². The normalized spacial score (nSPS) is 10.5. The molecule has 0 spiro atoms. The zero-order chi connectivity index (χ0) is 17.6. The lowest BCUT2D eigenvalue weighted by Crippen LogP contribution is -2.11. The monoisotopic (exact) mass is 353 g/mol. The molecule has 5 nitrogen and oxygen atoms in total. The zero-order valence-electron chi connectivity index (χ0n) is 14.2. The SMILES string of the molecule is CCCOc1cccc(C(=O)Nc2nc(-c3ccc(C)cc3)ns2)c1. The fourth-order valence-corrected chi connectivity index (χ4v) is 2.80. The smallest absolute Gasteiger partial charge is 0.257 e. The van der Waals surface area contributed by atoms with Crippen molar-refractivity contribution in [3.63, 3.8) is 0 Å². The average molecular weight is 353 g/mol. The Morgan fingerprint density at radius 3 is 2.76 bits per heavy atom. The molecule has 3 rings (SSSR count). The van der Waals surface area contributed by atoms with Gasteiger partial charge in [0.15, 0.2) is 5.82 Å². The van der Waals surface area contributed by atoms with E-state index in [4.69, 9.17) is 4.74 Å². The molecule has 1 N–H and O–H groups in total. The Morgan fingerprint density at radius 1 is 1.20 bits per heavy atom. The Morgan fingerprint density at radius 2 is 2.00 bits per heavy atom. The van der Waals surface area contributed by atoms with E-state index in [-0.39, 0.29) is 5.91 Å². The van der Waals surface area contributed by atoms with Crippen molar-refractivity contribution < 1.29 is 9.53 Å². The predicted molar refractivity (Wildman–Crippen MR) is 100 cm³/mol. The Labute approximate surface area is 150 Å². The lowest BCUT2D eigenvalue weighted by molar-refractivity contribution is 0.102. The number of amides is 1. The van der Waals surface area contributed by atoms with E-state index in [1.54, 1.807) is 18.2 Å². The van der Waals surface area contributed by atoms with Gasteiger partial charge >= 0.3 is 0 Å². The van der Waals surface area contributed by atoms with Crippen LogP contribution in [0.2, 0.25) is 0 Å². The Balaban J connectivity index is 1.70. The molecule has 0 bridgehead atoms. The fourth-order valence-electron chi connectivity index (χ4n) is 2.21. The van der Waals surface area contributed by atoms with Crippen LogP contribution < -0.4 is 10.1 Å². The number of hydrogen-bond acceptors (Lipinski definition) is 5. The molecule has 128 valence electrons. The van der Waals surface area contributed by atoms with Crippen LogP contribution in [0, 0.1) is 6.92 Å². The molecule has 0 aliphatic heterocycles. The lowest BCUT2D eigenvalue weighted by atomic mass is 10.1. The molecule has 1 heterocycles. The first kappa shape index (κ1) is 17.1. The highest BCUT2D eigenvalue weighted by Crippen LogP contribution is 2.22. The zero-order valence-corrected chi connectivity index (χ0v) is 15.0. The van der Waals surface area contributed by atoms with Crippen LogP contribution in [0.4, 0.5) is 5.13 Å². The van der Waals surface area contributed by atoms with Gasteiger partial charge in [0.25, 0.3) is 5.91 Å². The number of aryl methyl sites for hydroxylation is 1. The van der Waals surface area contributed by atoms with Crippen LogP contribution in [0.5, 0.6) is 5.75 Å². The number of hydrogen-bond donors (Lipinski definition) is 1. The maximum atomic E-state index is 12.4. The van der Waals surface area contributed by atoms with Crippen molar-refractivity contribution in [3.8, 4) is 17.1 Å². The number of rotatable bonds is 6. The van der Waals surface area contributed by atoms with E-state index in [1.807, 2.05) is 44.2 Å². The Hall–Kier alpha value is -2.73. The molecule has 0 aliphatic carbocycles. The molecule has 0 saturated heterocycles. The maximum absolute atomic E-state index is 12.4. The van der Waals surface area contributed by atoms with Gasteiger partial charge in [-0.05, 0) is 31.5 Å². The summed E-state index contributed by atoms with van der Waals surface area (Å²) in [5, 5.41) is 3.27. The minimum Gasteiger partial charge on any atom is -0.494 e. The maximum Gasteiger partial charge on any atom is 0.257 e. The first-order valence-electron chi connectivity index (χ1n) is 8.10. The second kappa shape index (κ2) is 7.90. The molecule has 3 aromatic rings. The van der Waals surface area contributed by atoms with Crippen molar-refractivity contribution in [3.05, 3.63) is 59.7 Å². The van der Waals surface area contributed by atoms with E-state index < -0.39 is 0 Å². The summed E-state index contributed by atoms with van der Waals surface area (Å²) in [4.78, 5) is 16.8. The van der Waals surface area contributed by atoms with Gasteiger partial charge in [-0.25, -0.2) is 0 Å². The highest BCUT2D eigenvalue weighted by Gasteiger charge is 2.12. The van der Waals surface area contributed by atoms with Crippen molar-refractivity contribution in [2.45, 2.75) is 20.3 Å². The van der Waals surface area contributed by atoms with Crippen molar-refractivity contribution in [2.24, 2.45) is 0 Å². The minimum absolute atomic E-state index is 0.228. The largest absolute Gasteiger partial charge is 0.494 e. The third-order valence-corrected chi connectivity index (χ3v) is 4.16. The van der Waals surface area contributed by atoms with Gasteiger partial charge in [-0.15, -0.1) is 0 Å². The molecule has 2 aromatic carbocycles. The van der Waals surface area contributed by atoms with Gasteiger partial charge < -0.3 is 4.74 Å². The third kappa shape index (κ3) is 4.42. The van der Waals surface area contributed by atoms with Gasteiger partial charge in [0.2, 0.25) is 5.13 Å². The van der Waals surface area contributed by atoms with Crippen LogP contribution in [0.1, 0.15) is 29.3 Å². The third-order valence-electron chi connectivity index (χ3n) is 3.53. The molecule has 0 saturated carbocycles. The number of carbonyl (C=O) groups is 1. The summed E-state index contributed by atoms with van der Waals surface area (Å²) in [6.07, 6.45) is 0.920. The van der Waals surface area contributed by atoms with Crippen LogP contribution in [0.15, 0.2) is 48.5 Å². The van der Waals surface area contributed by atoms with Crippen molar-refractivity contribution in [1.29, 1.82) is 0 Å². The Bertz CT molecular complexity index is 859. The van der Waals surface area contributed by atoms with Crippen molar-refractivity contribution >= 4 is 22.6 Å². The van der Waals surface area contributed by atoms with Gasteiger partial charge in [0.1, 0.15) is 5.75 Å². The molecule has 0 radical (unpaired) electrons. The molecule has 1 aromatic heterocycles. The molecule has 25 heavy (non-hydrogen) atoms. The van der Waals surface area contributed by atoms with Crippen LogP contribution in [-0.4, -0.2) is 21.9 Å². The summed E-state index contributed by atoms with van der Waals surface area (Å²) >= 11 is 1.17. The standard InChI is InChI=1S/C19H19N3O2S/c1-3-11-24-16-6-4-5-15(12-16)18(23)21-19-20-17(22-25-19)14-9-7-13(2)8-10-14/h4-10,12H,3,11H2,1-2H3,(H,20,21,22,23). The van der Waals surface area contributed by atoms with Crippen LogP contribution >= 0.6 is 11.5 Å². The predicted octanol–water partition coefficient (Wildman–Crippen LogP) is 4.55. The first-order valence-corrected chi connectivity index (χ1v) is 8.88.